The number of hydrogen-bond donors (Lipinski definition) is 1. The Morgan fingerprint density at radius 3 is 2.74 bits per heavy atom. The van der Waals surface area contributed by atoms with Crippen molar-refractivity contribution in [1.82, 2.24) is 24.5 Å². The number of aromatic nitrogens is 5. The van der Waals surface area contributed by atoms with Crippen LogP contribution >= 0.6 is 34.8 Å². The molecule has 0 saturated carbocycles. The van der Waals surface area contributed by atoms with Crippen molar-refractivity contribution >= 4 is 57.6 Å². The minimum absolute atomic E-state index is 0.0643. The Bertz CT molecular complexity index is 1510. The Morgan fingerprint density at radius 2 is 1.97 bits per heavy atom. The molecular formula is C23H17Cl3N6O2. The van der Waals surface area contributed by atoms with E-state index in [2.05, 4.69) is 20.5 Å². The fraction of sp³-hybridized carbons (Fsp3) is 0.130. The van der Waals surface area contributed by atoms with Crippen molar-refractivity contribution < 1.29 is 9.21 Å². The second-order valence-electron chi connectivity index (χ2n) is 7.58. The number of amides is 1. The number of carbonyl (C=O) groups excluding carboxylic acids is 1. The van der Waals surface area contributed by atoms with E-state index >= 15 is 0 Å². The molecule has 172 valence electrons. The summed E-state index contributed by atoms with van der Waals surface area (Å²) in [7, 11) is 0. The molecule has 0 radical (unpaired) electrons. The average Bonchev–Trinajstić information content (AvgIpc) is 3.51. The monoisotopic (exact) mass is 514 g/mol. The fourth-order valence-corrected chi connectivity index (χ4v) is 4.39. The van der Waals surface area contributed by atoms with Crippen molar-refractivity contribution in [3.63, 3.8) is 0 Å². The summed E-state index contributed by atoms with van der Waals surface area (Å²) in [6.45, 7) is 2.17. The molecule has 11 heteroatoms. The van der Waals surface area contributed by atoms with Crippen molar-refractivity contribution in [2.24, 2.45) is 0 Å². The number of fused-ring (bicyclic) bond motifs is 1. The molecule has 8 nitrogen and oxygen atoms in total. The van der Waals surface area contributed by atoms with Crippen molar-refractivity contribution in [3.8, 4) is 11.3 Å². The summed E-state index contributed by atoms with van der Waals surface area (Å²) in [6, 6.07) is 10.8. The van der Waals surface area contributed by atoms with E-state index in [-0.39, 0.29) is 18.3 Å². The molecule has 0 saturated heterocycles. The van der Waals surface area contributed by atoms with Gasteiger partial charge in [-0.1, -0.05) is 40.9 Å². The van der Waals surface area contributed by atoms with Crippen LogP contribution in [0.2, 0.25) is 15.1 Å². The van der Waals surface area contributed by atoms with Gasteiger partial charge in [0, 0.05) is 28.0 Å². The van der Waals surface area contributed by atoms with Crippen molar-refractivity contribution in [1.29, 1.82) is 0 Å². The molecule has 0 fully saturated rings. The van der Waals surface area contributed by atoms with Crippen LogP contribution in [0.1, 0.15) is 11.3 Å². The Morgan fingerprint density at radius 1 is 1.12 bits per heavy atom. The van der Waals surface area contributed by atoms with Gasteiger partial charge < -0.3 is 9.73 Å². The lowest BCUT2D eigenvalue weighted by atomic mass is 10.1. The van der Waals surface area contributed by atoms with E-state index in [4.69, 9.17) is 39.2 Å². The van der Waals surface area contributed by atoms with Crippen LogP contribution in [0.4, 0.5) is 5.82 Å². The minimum atomic E-state index is -0.341. The quantitative estimate of drug-likeness (QED) is 0.307. The summed E-state index contributed by atoms with van der Waals surface area (Å²) in [4.78, 5) is 17.2. The number of carbonyl (C=O) groups is 1. The first-order valence-electron chi connectivity index (χ1n) is 10.2. The van der Waals surface area contributed by atoms with E-state index in [1.165, 1.54) is 0 Å². The summed E-state index contributed by atoms with van der Waals surface area (Å²) in [6.07, 6.45) is 4.89. The maximum absolute atomic E-state index is 12.8. The molecule has 5 aromatic rings. The summed E-state index contributed by atoms with van der Waals surface area (Å²) >= 11 is 18.5. The number of benzene rings is 1. The molecule has 5 rings (SSSR count). The maximum atomic E-state index is 12.8. The van der Waals surface area contributed by atoms with E-state index in [1.807, 2.05) is 31.2 Å². The number of anilines is 1. The first-order valence-corrected chi connectivity index (χ1v) is 11.3. The number of nitrogens with zero attached hydrogens (tertiary/aromatic N) is 5. The van der Waals surface area contributed by atoms with Gasteiger partial charge >= 0.3 is 0 Å². The highest BCUT2D eigenvalue weighted by Gasteiger charge is 2.18. The zero-order chi connectivity index (χ0) is 23.8. The van der Waals surface area contributed by atoms with Gasteiger partial charge in [0.1, 0.15) is 17.3 Å². The smallest absolute Gasteiger partial charge is 0.247 e. The van der Waals surface area contributed by atoms with Crippen LogP contribution in [-0.2, 0) is 17.9 Å². The molecule has 0 aliphatic heterocycles. The molecule has 0 bridgehead atoms. The molecule has 4 heterocycles. The van der Waals surface area contributed by atoms with Crippen LogP contribution in [0.15, 0.2) is 59.5 Å². The average molecular weight is 516 g/mol. The van der Waals surface area contributed by atoms with Crippen LogP contribution in [0.5, 0.6) is 0 Å². The number of hydrogen-bond acceptors (Lipinski definition) is 5. The molecular weight excluding hydrogens is 499 g/mol. The molecule has 0 aliphatic rings. The molecule has 0 aliphatic carbocycles. The number of nitrogens with one attached hydrogen (secondary N) is 1. The molecule has 1 aromatic carbocycles. The topological polar surface area (TPSA) is 90.8 Å². The number of pyridine rings is 1. The highest BCUT2D eigenvalue weighted by Crippen LogP contribution is 2.30. The lowest BCUT2D eigenvalue weighted by Crippen LogP contribution is -2.20. The Hall–Kier alpha value is -3.33. The largest absolute Gasteiger partial charge is 0.464 e. The van der Waals surface area contributed by atoms with Crippen molar-refractivity contribution in [2.75, 3.05) is 5.32 Å². The Kier molecular flexibility index (Phi) is 6.03. The van der Waals surface area contributed by atoms with E-state index < -0.39 is 0 Å². The zero-order valence-electron chi connectivity index (χ0n) is 17.8. The van der Waals surface area contributed by atoms with Crippen LogP contribution in [-0.4, -0.2) is 30.5 Å². The third-order valence-electron chi connectivity index (χ3n) is 5.21. The molecule has 0 unspecified atom stereocenters. The molecule has 0 atom stereocenters. The van der Waals surface area contributed by atoms with E-state index in [1.54, 1.807) is 40.2 Å². The van der Waals surface area contributed by atoms with Gasteiger partial charge in [-0.05, 0) is 42.8 Å². The van der Waals surface area contributed by atoms with Gasteiger partial charge in [0.25, 0.3) is 0 Å². The summed E-state index contributed by atoms with van der Waals surface area (Å²) < 4.78 is 8.68. The summed E-state index contributed by atoms with van der Waals surface area (Å²) in [5, 5.41) is 13.8. The lowest BCUT2D eigenvalue weighted by Gasteiger charge is -2.06. The minimum Gasteiger partial charge on any atom is -0.464 e. The first kappa shape index (κ1) is 22.5. The molecule has 0 spiro atoms. The fourth-order valence-electron chi connectivity index (χ4n) is 3.72. The van der Waals surface area contributed by atoms with Gasteiger partial charge in [0.05, 0.1) is 23.9 Å². The van der Waals surface area contributed by atoms with Crippen molar-refractivity contribution in [3.05, 3.63) is 81.4 Å². The standard InChI is InChI=1S/C23H17Cl3N6O2/c1-13-21-16(19-3-2-8-34-19)6-7-27-23(21)32(29-13)12-20(33)28-22-18(26)11-31(30-22)10-14-4-5-15(24)9-17(14)25/h2-9,11H,10,12H2,1H3,(H,28,30,33). The first-order chi connectivity index (χ1) is 16.4. The lowest BCUT2D eigenvalue weighted by molar-refractivity contribution is -0.116. The van der Waals surface area contributed by atoms with Gasteiger partial charge in [0.2, 0.25) is 5.91 Å². The predicted octanol–water partition coefficient (Wildman–Crippen LogP) is 5.84. The Labute approximate surface area is 209 Å². The maximum Gasteiger partial charge on any atom is 0.247 e. The van der Waals surface area contributed by atoms with E-state index in [0.29, 0.717) is 33.0 Å². The van der Waals surface area contributed by atoms with E-state index in [0.717, 1.165) is 22.2 Å². The van der Waals surface area contributed by atoms with Gasteiger partial charge in [-0.3, -0.25) is 9.48 Å². The highest BCUT2D eigenvalue weighted by molar-refractivity contribution is 6.35. The Balaban J connectivity index is 1.35. The van der Waals surface area contributed by atoms with Crippen LogP contribution in [0.3, 0.4) is 0 Å². The number of furan rings is 1. The zero-order valence-corrected chi connectivity index (χ0v) is 20.1. The second kappa shape index (κ2) is 9.13. The molecule has 4 aromatic heterocycles. The number of rotatable bonds is 6. The highest BCUT2D eigenvalue weighted by atomic mass is 35.5. The third kappa shape index (κ3) is 4.40. The van der Waals surface area contributed by atoms with Gasteiger partial charge in [-0.2, -0.15) is 10.2 Å². The summed E-state index contributed by atoms with van der Waals surface area (Å²) in [5.74, 6) is 0.609. The predicted molar refractivity (Wildman–Crippen MR) is 131 cm³/mol. The third-order valence-corrected chi connectivity index (χ3v) is 6.07. The van der Waals surface area contributed by atoms with Crippen LogP contribution in [0, 0.1) is 6.92 Å². The molecule has 1 amide bonds. The normalized spacial score (nSPS) is 11.3. The number of aryl methyl sites for hydroxylation is 1. The van der Waals surface area contributed by atoms with Crippen LogP contribution < -0.4 is 5.32 Å². The van der Waals surface area contributed by atoms with Gasteiger partial charge in [-0.15, -0.1) is 0 Å². The second-order valence-corrected chi connectivity index (χ2v) is 8.84. The molecule has 1 N–H and O–H groups in total. The SMILES string of the molecule is Cc1nn(CC(=O)Nc2nn(Cc3ccc(Cl)cc3Cl)cc2Cl)c2nccc(-c3ccco3)c12. The summed E-state index contributed by atoms with van der Waals surface area (Å²) in [5.41, 5.74) is 3.00. The number of halogens is 3. The van der Waals surface area contributed by atoms with Crippen molar-refractivity contribution in [2.45, 2.75) is 20.0 Å². The molecule has 34 heavy (non-hydrogen) atoms. The van der Waals surface area contributed by atoms with Gasteiger partial charge in [0.15, 0.2) is 11.5 Å². The van der Waals surface area contributed by atoms with Crippen LogP contribution in [0.25, 0.3) is 22.4 Å². The van der Waals surface area contributed by atoms with Gasteiger partial charge in [-0.25, -0.2) is 9.67 Å². The van der Waals surface area contributed by atoms with E-state index in [9.17, 15) is 4.79 Å².